The molecular formula is C17H16BrNO. The number of carbonyl (C=O) groups excluding carboxylic acids is 1. The second-order valence-electron chi connectivity index (χ2n) is 5.10. The first-order valence-corrected chi connectivity index (χ1v) is 7.93. The van der Waals surface area contributed by atoms with Gasteiger partial charge in [-0.3, -0.25) is 4.79 Å². The number of benzene rings is 2. The van der Waals surface area contributed by atoms with Crippen LogP contribution in [0.1, 0.15) is 39.5 Å². The molecule has 0 saturated heterocycles. The minimum Gasteiger partial charge on any atom is -0.345 e. The Morgan fingerprint density at radius 3 is 2.90 bits per heavy atom. The zero-order valence-electron chi connectivity index (χ0n) is 11.1. The third kappa shape index (κ3) is 2.63. The number of rotatable bonds is 3. The van der Waals surface area contributed by atoms with Crippen molar-refractivity contribution < 1.29 is 4.79 Å². The van der Waals surface area contributed by atoms with Crippen molar-refractivity contribution in [3.63, 3.8) is 0 Å². The van der Waals surface area contributed by atoms with Gasteiger partial charge in [-0.25, -0.2) is 0 Å². The van der Waals surface area contributed by atoms with Crippen LogP contribution < -0.4 is 5.32 Å². The molecule has 0 spiro atoms. The molecule has 0 aliphatic heterocycles. The molecule has 1 N–H and O–H groups in total. The summed E-state index contributed by atoms with van der Waals surface area (Å²) in [5.41, 5.74) is 4.46. The topological polar surface area (TPSA) is 29.1 Å². The van der Waals surface area contributed by atoms with Crippen LogP contribution in [0.2, 0.25) is 0 Å². The predicted molar refractivity (Wildman–Crippen MR) is 84.0 cm³/mol. The molecule has 1 atom stereocenters. The molecule has 1 unspecified atom stereocenters. The van der Waals surface area contributed by atoms with Crippen LogP contribution in [0.3, 0.4) is 0 Å². The van der Waals surface area contributed by atoms with Crippen LogP contribution in [0, 0.1) is 0 Å². The minimum absolute atomic E-state index is 0.00880. The van der Waals surface area contributed by atoms with Crippen molar-refractivity contribution in [1.82, 2.24) is 5.32 Å². The average molecular weight is 330 g/mol. The van der Waals surface area contributed by atoms with E-state index in [1.165, 1.54) is 11.1 Å². The predicted octanol–water partition coefficient (Wildman–Crippen LogP) is 4.00. The molecule has 2 nitrogen and oxygen atoms in total. The van der Waals surface area contributed by atoms with E-state index in [0.717, 1.165) is 29.3 Å². The molecule has 2 aromatic carbocycles. The standard InChI is InChI=1S/C17H16BrNO/c18-11-12-4-3-6-14(10-12)17(20)19-16-9-8-13-5-1-2-7-15(13)16/h1-7,10,16H,8-9,11H2,(H,19,20). The maximum atomic E-state index is 12.4. The number of halogens is 1. The summed E-state index contributed by atoms with van der Waals surface area (Å²) >= 11 is 3.42. The molecule has 0 saturated carbocycles. The summed E-state index contributed by atoms with van der Waals surface area (Å²) in [7, 11) is 0. The molecule has 1 aliphatic rings. The van der Waals surface area contributed by atoms with Gasteiger partial charge in [0.05, 0.1) is 6.04 Å². The monoisotopic (exact) mass is 329 g/mol. The van der Waals surface area contributed by atoms with Crippen molar-refractivity contribution in [2.24, 2.45) is 0 Å². The largest absolute Gasteiger partial charge is 0.345 e. The lowest BCUT2D eigenvalue weighted by molar-refractivity contribution is 0.0936. The highest BCUT2D eigenvalue weighted by molar-refractivity contribution is 9.08. The highest BCUT2D eigenvalue weighted by Crippen LogP contribution is 2.30. The fourth-order valence-corrected chi connectivity index (χ4v) is 3.09. The average Bonchev–Trinajstić information content (AvgIpc) is 2.90. The Hall–Kier alpha value is -1.61. The molecule has 1 aliphatic carbocycles. The molecule has 2 aromatic rings. The Balaban J connectivity index is 1.77. The molecule has 0 heterocycles. The number of carbonyl (C=O) groups is 1. The Kier molecular flexibility index (Phi) is 3.88. The molecule has 20 heavy (non-hydrogen) atoms. The molecule has 0 aromatic heterocycles. The molecular weight excluding hydrogens is 314 g/mol. The summed E-state index contributed by atoms with van der Waals surface area (Å²) in [6.07, 6.45) is 2.03. The maximum Gasteiger partial charge on any atom is 0.251 e. The first-order valence-electron chi connectivity index (χ1n) is 6.81. The molecule has 1 amide bonds. The third-order valence-corrected chi connectivity index (χ3v) is 4.43. The zero-order chi connectivity index (χ0) is 13.9. The van der Waals surface area contributed by atoms with Crippen molar-refractivity contribution in [2.75, 3.05) is 0 Å². The van der Waals surface area contributed by atoms with Crippen LogP contribution in [-0.4, -0.2) is 5.91 Å². The Bertz CT molecular complexity index is 638. The van der Waals surface area contributed by atoms with E-state index >= 15 is 0 Å². The van der Waals surface area contributed by atoms with Gasteiger partial charge in [-0.2, -0.15) is 0 Å². The van der Waals surface area contributed by atoms with E-state index in [-0.39, 0.29) is 11.9 Å². The van der Waals surface area contributed by atoms with Gasteiger partial charge >= 0.3 is 0 Å². The van der Waals surface area contributed by atoms with E-state index in [9.17, 15) is 4.79 Å². The van der Waals surface area contributed by atoms with E-state index in [1.54, 1.807) is 0 Å². The lowest BCUT2D eigenvalue weighted by atomic mass is 10.1. The summed E-state index contributed by atoms with van der Waals surface area (Å²) in [4.78, 5) is 12.4. The van der Waals surface area contributed by atoms with Crippen molar-refractivity contribution >= 4 is 21.8 Å². The van der Waals surface area contributed by atoms with Crippen LogP contribution in [0.15, 0.2) is 48.5 Å². The normalized spacial score (nSPS) is 16.8. The van der Waals surface area contributed by atoms with Gasteiger partial charge in [-0.1, -0.05) is 52.3 Å². The van der Waals surface area contributed by atoms with Gasteiger partial charge in [-0.15, -0.1) is 0 Å². The van der Waals surface area contributed by atoms with Gasteiger partial charge in [0, 0.05) is 10.9 Å². The first-order chi connectivity index (χ1) is 9.78. The second-order valence-corrected chi connectivity index (χ2v) is 5.66. The number of alkyl halides is 1. The number of fused-ring (bicyclic) bond motifs is 1. The molecule has 0 radical (unpaired) electrons. The minimum atomic E-state index is 0.00880. The second kappa shape index (κ2) is 5.80. The smallest absolute Gasteiger partial charge is 0.251 e. The van der Waals surface area contributed by atoms with Gasteiger partial charge in [0.15, 0.2) is 0 Å². The van der Waals surface area contributed by atoms with E-state index in [4.69, 9.17) is 0 Å². The van der Waals surface area contributed by atoms with Crippen molar-refractivity contribution in [1.29, 1.82) is 0 Å². The highest BCUT2D eigenvalue weighted by atomic mass is 79.9. The fourth-order valence-electron chi connectivity index (χ4n) is 2.74. The van der Waals surface area contributed by atoms with Gasteiger partial charge in [-0.05, 0) is 41.7 Å². The van der Waals surface area contributed by atoms with Crippen LogP contribution in [-0.2, 0) is 11.8 Å². The van der Waals surface area contributed by atoms with Gasteiger partial charge in [0.2, 0.25) is 0 Å². The molecule has 0 fully saturated rings. The molecule has 102 valence electrons. The highest BCUT2D eigenvalue weighted by Gasteiger charge is 2.23. The molecule has 3 rings (SSSR count). The Morgan fingerprint density at radius 1 is 1.20 bits per heavy atom. The Morgan fingerprint density at radius 2 is 2.05 bits per heavy atom. The number of aryl methyl sites for hydroxylation is 1. The van der Waals surface area contributed by atoms with Crippen LogP contribution in [0.5, 0.6) is 0 Å². The fraction of sp³-hybridized carbons (Fsp3) is 0.235. The van der Waals surface area contributed by atoms with Crippen LogP contribution in [0.4, 0.5) is 0 Å². The van der Waals surface area contributed by atoms with Crippen LogP contribution in [0.25, 0.3) is 0 Å². The number of nitrogens with one attached hydrogen (secondary N) is 1. The Labute approximate surface area is 127 Å². The maximum absolute atomic E-state index is 12.4. The van der Waals surface area contributed by atoms with Crippen LogP contribution >= 0.6 is 15.9 Å². The quantitative estimate of drug-likeness (QED) is 0.847. The van der Waals surface area contributed by atoms with Crippen molar-refractivity contribution in [2.45, 2.75) is 24.2 Å². The number of hydrogen-bond donors (Lipinski definition) is 1. The SMILES string of the molecule is O=C(NC1CCc2ccccc21)c1cccc(CBr)c1. The van der Waals surface area contributed by atoms with Gasteiger partial charge < -0.3 is 5.32 Å². The van der Waals surface area contributed by atoms with Gasteiger partial charge in [0.1, 0.15) is 0 Å². The lowest BCUT2D eigenvalue weighted by Gasteiger charge is -2.14. The summed E-state index contributed by atoms with van der Waals surface area (Å²) in [5, 5.41) is 3.91. The lowest BCUT2D eigenvalue weighted by Crippen LogP contribution is -2.27. The zero-order valence-corrected chi connectivity index (χ0v) is 12.7. The number of amides is 1. The summed E-state index contributed by atoms with van der Waals surface area (Å²) < 4.78 is 0. The van der Waals surface area contributed by atoms with Crippen molar-refractivity contribution in [3.05, 3.63) is 70.8 Å². The van der Waals surface area contributed by atoms with E-state index in [1.807, 2.05) is 30.3 Å². The van der Waals surface area contributed by atoms with Crippen molar-refractivity contribution in [3.8, 4) is 0 Å². The molecule has 0 bridgehead atoms. The number of hydrogen-bond acceptors (Lipinski definition) is 1. The van der Waals surface area contributed by atoms with E-state index in [0.29, 0.717) is 0 Å². The van der Waals surface area contributed by atoms with E-state index < -0.39 is 0 Å². The third-order valence-electron chi connectivity index (χ3n) is 3.78. The summed E-state index contributed by atoms with van der Waals surface area (Å²) in [5.74, 6) is 0.00880. The molecule has 3 heteroatoms. The van der Waals surface area contributed by atoms with E-state index in [2.05, 4.69) is 39.4 Å². The summed E-state index contributed by atoms with van der Waals surface area (Å²) in [6.45, 7) is 0. The van der Waals surface area contributed by atoms with Gasteiger partial charge in [0.25, 0.3) is 5.91 Å². The summed E-state index contributed by atoms with van der Waals surface area (Å²) in [6, 6.07) is 16.2. The first kappa shape index (κ1) is 13.4.